The third-order valence-corrected chi connectivity index (χ3v) is 4.09. The second-order valence-corrected chi connectivity index (χ2v) is 5.69. The van der Waals surface area contributed by atoms with Gasteiger partial charge in [0.15, 0.2) is 0 Å². The first-order valence-corrected chi connectivity index (χ1v) is 7.06. The highest BCUT2D eigenvalue weighted by atomic mass is 16.3. The molecule has 0 saturated heterocycles. The molecule has 1 fully saturated rings. The van der Waals surface area contributed by atoms with E-state index >= 15 is 0 Å². The molecule has 2 N–H and O–H groups in total. The van der Waals surface area contributed by atoms with Crippen molar-refractivity contribution in [3.8, 4) is 0 Å². The standard InChI is InChI=1S/C16H20N2O2/c1-18(9-11-6-13(20)7-11)16-8-12(10-19)14-4-2-3-5-15(14)17-16/h2-5,8,11,13,19-20H,6-7,9-10H2,1H3. The van der Waals surface area contributed by atoms with Gasteiger partial charge in [-0.15, -0.1) is 0 Å². The monoisotopic (exact) mass is 272 g/mol. The zero-order valence-electron chi connectivity index (χ0n) is 11.7. The van der Waals surface area contributed by atoms with Crippen molar-refractivity contribution in [1.29, 1.82) is 0 Å². The number of nitrogens with zero attached hydrogens (tertiary/aromatic N) is 2. The summed E-state index contributed by atoms with van der Waals surface area (Å²) >= 11 is 0. The molecule has 1 aliphatic rings. The minimum absolute atomic E-state index is 0.0199. The van der Waals surface area contributed by atoms with Gasteiger partial charge in [0, 0.05) is 19.0 Å². The van der Waals surface area contributed by atoms with E-state index in [4.69, 9.17) is 0 Å². The summed E-state index contributed by atoms with van der Waals surface area (Å²) in [6.07, 6.45) is 1.64. The predicted octanol–water partition coefficient (Wildman–Crippen LogP) is 1.93. The molecule has 4 heteroatoms. The van der Waals surface area contributed by atoms with Crippen molar-refractivity contribution >= 4 is 16.7 Å². The molecule has 0 amide bonds. The summed E-state index contributed by atoms with van der Waals surface area (Å²) in [7, 11) is 2.02. The van der Waals surface area contributed by atoms with Crippen LogP contribution in [-0.2, 0) is 6.61 Å². The third kappa shape index (κ3) is 2.49. The first-order chi connectivity index (χ1) is 9.67. The number of fused-ring (bicyclic) bond motifs is 1. The second-order valence-electron chi connectivity index (χ2n) is 5.69. The van der Waals surface area contributed by atoms with Gasteiger partial charge in [0.25, 0.3) is 0 Å². The molecule has 1 heterocycles. The molecular weight excluding hydrogens is 252 g/mol. The fourth-order valence-electron chi connectivity index (χ4n) is 2.89. The number of benzene rings is 1. The molecule has 0 unspecified atom stereocenters. The molecule has 2 aromatic rings. The van der Waals surface area contributed by atoms with Crippen molar-refractivity contribution in [1.82, 2.24) is 4.98 Å². The van der Waals surface area contributed by atoms with Crippen LogP contribution in [0.15, 0.2) is 30.3 Å². The van der Waals surface area contributed by atoms with E-state index in [0.717, 1.165) is 41.7 Å². The molecular formula is C16H20N2O2. The highest BCUT2D eigenvalue weighted by molar-refractivity contribution is 5.84. The Bertz CT molecular complexity index is 608. The lowest BCUT2D eigenvalue weighted by atomic mass is 9.82. The van der Waals surface area contributed by atoms with Crippen molar-refractivity contribution in [2.45, 2.75) is 25.6 Å². The Labute approximate surface area is 118 Å². The van der Waals surface area contributed by atoms with Gasteiger partial charge >= 0.3 is 0 Å². The van der Waals surface area contributed by atoms with Gasteiger partial charge in [0.1, 0.15) is 5.82 Å². The van der Waals surface area contributed by atoms with Crippen LogP contribution in [0.5, 0.6) is 0 Å². The molecule has 0 bridgehead atoms. The van der Waals surface area contributed by atoms with Gasteiger partial charge in [-0.1, -0.05) is 18.2 Å². The van der Waals surface area contributed by atoms with E-state index in [-0.39, 0.29) is 12.7 Å². The van der Waals surface area contributed by atoms with E-state index in [1.807, 2.05) is 37.4 Å². The number of aliphatic hydroxyl groups excluding tert-OH is 2. The topological polar surface area (TPSA) is 56.6 Å². The summed E-state index contributed by atoms with van der Waals surface area (Å²) in [6.45, 7) is 0.916. The minimum atomic E-state index is -0.119. The maximum absolute atomic E-state index is 9.54. The van der Waals surface area contributed by atoms with Gasteiger partial charge in [-0.3, -0.25) is 0 Å². The summed E-state index contributed by atoms with van der Waals surface area (Å²) < 4.78 is 0. The minimum Gasteiger partial charge on any atom is -0.393 e. The first kappa shape index (κ1) is 13.3. The van der Waals surface area contributed by atoms with Gasteiger partial charge in [0.2, 0.25) is 0 Å². The van der Waals surface area contributed by atoms with Crippen molar-refractivity contribution < 1.29 is 10.2 Å². The number of pyridine rings is 1. The molecule has 3 rings (SSSR count). The van der Waals surface area contributed by atoms with Crippen LogP contribution < -0.4 is 4.90 Å². The molecule has 0 radical (unpaired) electrons. The highest BCUT2D eigenvalue weighted by Crippen LogP contribution is 2.29. The highest BCUT2D eigenvalue weighted by Gasteiger charge is 2.28. The molecule has 1 aromatic heterocycles. The molecule has 1 aliphatic carbocycles. The van der Waals surface area contributed by atoms with E-state index in [2.05, 4.69) is 9.88 Å². The van der Waals surface area contributed by atoms with E-state index in [9.17, 15) is 10.2 Å². The van der Waals surface area contributed by atoms with Gasteiger partial charge in [-0.2, -0.15) is 0 Å². The Morgan fingerprint density at radius 2 is 2.05 bits per heavy atom. The summed E-state index contributed by atoms with van der Waals surface area (Å²) in [5.41, 5.74) is 1.82. The van der Waals surface area contributed by atoms with Crippen molar-refractivity contribution in [3.05, 3.63) is 35.9 Å². The lowest BCUT2D eigenvalue weighted by molar-refractivity contribution is 0.0464. The van der Waals surface area contributed by atoms with Crippen LogP contribution in [0, 0.1) is 5.92 Å². The zero-order valence-corrected chi connectivity index (χ0v) is 11.7. The summed E-state index contributed by atoms with van der Waals surface area (Å²) in [4.78, 5) is 6.78. The number of hydrogen-bond acceptors (Lipinski definition) is 4. The summed E-state index contributed by atoms with van der Waals surface area (Å²) in [5, 5.41) is 19.9. The fourth-order valence-corrected chi connectivity index (χ4v) is 2.89. The van der Waals surface area contributed by atoms with Crippen molar-refractivity contribution in [2.24, 2.45) is 5.92 Å². The predicted molar refractivity (Wildman–Crippen MR) is 79.7 cm³/mol. The van der Waals surface area contributed by atoms with Crippen molar-refractivity contribution in [3.63, 3.8) is 0 Å². The number of hydrogen-bond donors (Lipinski definition) is 2. The third-order valence-electron chi connectivity index (χ3n) is 4.09. The fraction of sp³-hybridized carbons (Fsp3) is 0.438. The van der Waals surface area contributed by atoms with Crippen LogP contribution >= 0.6 is 0 Å². The van der Waals surface area contributed by atoms with E-state index in [1.165, 1.54) is 0 Å². The SMILES string of the molecule is CN(CC1CC(O)C1)c1cc(CO)c2ccccc2n1. The zero-order chi connectivity index (χ0) is 14.1. The Kier molecular flexibility index (Phi) is 3.59. The second kappa shape index (κ2) is 5.38. The lowest BCUT2D eigenvalue weighted by Crippen LogP contribution is -2.37. The molecule has 1 saturated carbocycles. The average Bonchev–Trinajstić information content (AvgIpc) is 2.44. The van der Waals surface area contributed by atoms with Gasteiger partial charge in [-0.25, -0.2) is 4.98 Å². The molecule has 1 aromatic carbocycles. The van der Waals surface area contributed by atoms with Gasteiger partial charge in [0.05, 0.1) is 18.2 Å². The Balaban J connectivity index is 1.87. The molecule has 0 aliphatic heterocycles. The van der Waals surface area contributed by atoms with Gasteiger partial charge in [-0.05, 0) is 36.5 Å². The van der Waals surface area contributed by atoms with Gasteiger partial charge < -0.3 is 15.1 Å². The number of rotatable bonds is 4. The Morgan fingerprint density at radius 1 is 1.30 bits per heavy atom. The van der Waals surface area contributed by atoms with E-state index in [0.29, 0.717) is 5.92 Å². The Morgan fingerprint density at radius 3 is 2.75 bits per heavy atom. The van der Waals surface area contributed by atoms with E-state index in [1.54, 1.807) is 0 Å². The molecule has 106 valence electrons. The number of para-hydroxylation sites is 1. The first-order valence-electron chi connectivity index (χ1n) is 7.06. The molecule has 0 atom stereocenters. The maximum Gasteiger partial charge on any atom is 0.129 e. The van der Waals surface area contributed by atoms with Crippen LogP contribution in [-0.4, -0.2) is 34.9 Å². The van der Waals surface area contributed by atoms with Crippen LogP contribution in [0.4, 0.5) is 5.82 Å². The Hall–Kier alpha value is -1.65. The molecule has 4 nitrogen and oxygen atoms in total. The van der Waals surface area contributed by atoms with Crippen molar-refractivity contribution in [2.75, 3.05) is 18.5 Å². The summed E-state index contributed by atoms with van der Waals surface area (Å²) in [5.74, 6) is 1.43. The van der Waals surface area contributed by atoms with Crippen LogP contribution in [0.2, 0.25) is 0 Å². The summed E-state index contributed by atoms with van der Waals surface area (Å²) in [6, 6.07) is 9.83. The number of anilines is 1. The smallest absolute Gasteiger partial charge is 0.129 e. The largest absolute Gasteiger partial charge is 0.393 e. The van der Waals surface area contributed by atoms with Crippen LogP contribution in [0.1, 0.15) is 18.4 Å². The normalized spacial score (nSPS) is 21.8. The van der Waals surface area contributed by atoms with Crippen LogP contribution in [0.3, 0.4) is 0 Å². The quantitative estimate of drug-likeness (QED) is 0.893. The number of aromatic nitrogens is 1. The molecule has 0 spiro atoms. The lowest BCUT2D eigenvalue weighted by Gasteiger charge is -2.35. The molecule has 20 heavy (non-hydrogen) atoms. The average molecular weight is 272 g/mol. The number of aliphatic hydroxyl groups is 2. The van der Waals surface area contributed by atoms with E-state index < -0.39 is 0 Å². The maximum atomic E-state index is 9.54. The van der Waals surface area contributed by atoms with Crippen LogP contribution in [0.25, 0.3) is 10.9 Å².